The fourth-order valence-corrected chi connectivity index (χ4v) is 1.77. The van der Waals surface area contributed by atoms with Crippen molar-refractivity contribution in [3.05, 3.63) is 0 Å². The Bertz CT molecular complexity index is 155. The molecule has 12 heavy (non-hydrogen) atoms. The molecule has 0 aromatic carbocycles. The molecule has 1 atom stereocenters. The predicted molar refractivity (Wildman–Crippen MR) is 62.9 cm³/mol. The molecule has 0 saturated carbocycles. The molecule has 0 aliphatic rings. The van der Waals surface area contributed by atoms with Crippen LogP contribution in [0.5, 0.6) is 0 Å². The summed E-state index contributed by atoms with van der Waals surface area (Å²) < 4.78 is 5.41. The Balaban J connectivity index is 3.48. The van der Waals surface area contributed by atoms with Gasteiger partial charge in [0.2, 0.25) is 0 Å². The lowest BCUT2D eigenvalue weighted by atomic mass is 10.5. The predicted octanol–water partition coefficient (Wildman–Crippen LogP) is 2.21. The quantitative estimate of drug-likeness (QED) is 0.552. The van der Waals surface area contributed by atoms with Crippen molar-refractivity contribution in [1.29, 1.82) is 0 Å². The number of thiol groups is 1. The minimum absolute atomic E-state index is 0.707. The van der Waals surface area contributed by atoms with Crippen LogP contribution < -0.4 is 0 Å². The average Bonchev–Trinajstić information content (AvgIpc) is 1.96. The SMILES string of the molecule is CCN(CC)CCOP(C)(=S)S. The molecule has 0 heterocycles. The van der Waals surface area contributed by atoms with Crippen LogP contribution in [0.15, 0.2) is 0 Å². The molecule has 0 spiro atoms. The second-order valence-corrected chi connectivity index (χ2v) is 9.72. The van der Waals surface area contributed by atoms with Crippen LogP contribution in [0.3, 0.4) is 0 Å². The van der Waals surface area contributed by atoms with Crippen molar-refractivity contribution in [1.82, 2.24) is 4.90 Å². The zero-order valence-electron chi connectivity index (χ0n) is 7.99. The summed E-state index contributed by atoms with van der Waals surface area (Å²) >= 11 is 9.24. The van der Waals surface area contributed by atoms with Crippen LogP contribution >= 0.6 is 17.7 Å². The van der Waals surface area contributed by atoms with Crippen molar-refractivity contribution in [3.8, 4) is 0 Å². The Kier molecular flexibility index (Phi) is 6.87. The highest BCUT2D eigenvalue weighted by Crippen LogP contribution is 2.47. The first-order valence-electron chi connectivity index (χ1n) is 4.16. The van der Waals surface area contributed by atoms with Gasteiger partial charge in [-0.25, -0.2) is 0 Å². The summed E-state index contributed by atoms with van der Waals surface area (Å²) in [5, 5.41) is 0. The van der Waals surface area contributed by atoms with Gasteiger partial charge in [-0.2, -0.15) is 0 Å². The molecule has 0 aromatic heterocycles. The van der Waals surface area contributed by atoms with Gasteiger partial charge >= 0.3 is 0 Å². The first kappa shape index (κ1) is 12.9. The van der Waals surface area contributed by atoms with E-state index < -0.39 is 5.47 Å². The second-order valence-electron chi connectivity index (χ2n) is 2.66. The maximum atomic E-state index is 5.41. The largest absolute Gasteiger partial charge is 0.341 e. The third-order valence-corrected chi connectivity index (χ3v) is 2.96. The van der Waals surface area contributed by atoms with Gasteiger partial charge in [-0.15, -0.1) is 12.2 Å². The van der Waals surface area contributed by atoms with Crippen LogP contribution in [0.4, 0.5) is 0 Å². The fraction of sp³-hybridized carbons (Fsp3) is 1.00. The molecule has 0 aromatic rings. The Morgan fingerprint density at radius 2 is 1.92 bits per heavy atom. The highest BCUT2D eigenvalue weighted by molar-refractivity contribution is 8.61. The maximum absolute atomic E-state index is 5.41. The van der Waals surface area contributed by atoms with E-state index in [1.54, 1.807) is 0 Å². The summed E-state index contributed by atoms with van der Waals surface area (Å²) in [6.45, 7) is 9.98. The third-order valence-electron chi connectivity index (χ3n) is 1.63. The third kappa shape index (κ3) is 7.56. The van der Waals surface area contributed by atoms with Gasteiger partial charge in [-0.05, 0) is 19.8 Å². The summed E-state index contributed by atoms with van der Waals surface area (Å²) in [6.07, 6.45) is 0. The van der Waals surface area contributed by atoms with Gasteiger partial charge in [-0.1, -0.05) is 25.7 Å². The van der Waals surface area contributed by atoms with Gasteiger partial charge < -0.3 is 9.42 Å². The van der Waals surface area contributed by atoms with Crippen LogP contribution in [0, 0.1) is 0 Å². The van der Waals surface area contributed by atoms with Gasteiger partial charge in [0, 0.05) is 6.54 Å². The van der Waals surface area contributed by atoms with Crippen molar-refractivity contribution in [3.63, 3.8) is 0 Å². The van der Waals surface area contributed by atoms with Crippen LogP contribution in [0.1, 0.15) is 13.8 Å². The van der Waals surface area contributed by atoms with Gasteiger partial charge in [-0.3, -0.25) is 0 Å². The van der Waals surface area contributed by atoms with Crippen molar-refractivity contribution in [2.75, 3.05) is 32.9 Å². The van der Waals surface area contributed by atoms with E-state index in [0.717, 1.165) is 19.6 Å². The molecule has 0 radical (unpaired) electrons. The molecule has 2 nitrogen and oxygen atoms in total. The standard InChI is InChI=1S/C7H18NOPS2/c1-4-8(5-2)6-7-9-10(3,11)12/h4-7H2,1-3H3,(H,11,12). The van der Waals surface area contributed by atoms with E-state index in [1.165, 1.54) is 0 Å². The molecule has 0 rings (SSSR count). The van der Waals surface area contributed by atoms with Gasteiger partial charge in [0.05, 0.1) is 6.61 Å². The summed E-state index contributed by atoms with van der Waals surface area (Å²) in [6, 6.07) is 0. The monoisotopic (exact) mass is 227 g/mol. The highest BCUT2D eigenvalue weighted by Gasteiger charge is 2.04. The summed E-state index contributed by atoms with van der Waals surface area (Å²) in [4.78, 5) is 2.30. The lowest BCUT2D eigenvalue weighted by Crippen LogP contribution is -2.26. The maximum Gasteiger partial charge on any atom is 0.113 e. The highest BCUT2D eigenvalue weighted by atomic mass is 32.9. The minimum atomic E-state index is -1.74. The van der Waals surface area contributed by atoms with Gasteiger partial charge in [0.25, 0.3) is 0 Å². The Morgan fingerprint density at radius 1 is 1.42 bits per heavy atom. The van der Waals surface area contributed by atoms with Crippen molar-refractivity contribution in [2.24, 2.45) is 0 Å². The lowest BCUT2D eigenvalue weighted by molar-refractivity contribution is 0.238. The Hall–Kier alpha value is 0.920. The van der Waals surface area contributed by atoms with Crippen molar-refractivity contribution >= 4 is 29.5 Å². The molecule has 0 fully saturated rings. The van der Waals surface area contributed by atoms with Crippen molar-refractivity contribution < 1.29 is 4.52 Å². The lowest BCUT2D eigenvalue weighted by Gasteiger charge is -2.19. The molecule has 0 bridgehead atoms. The molecule has 74 valence electrons. The van der Waals surface area contributed by atoms with Gasteiger partial charge in [0.1, 0.15) is 5.47 Å². The van der Waals surface area contributed by atoms with Crippen molar-refractivity contribution in [2.45, 2.75) is 13.8 Å². The number of hydrogen-bond acceptors (Lipinski definition) is 3. The normalized spacial score (nSPS) is 16.4. The summed E-state index contributed by atoms with van der Waals surface area (Å²) in [5.41, 5.74) is -1.74. The van der Waals surface area contributed by atoms with Gasteiger partial charge in [0.15, 0.2) is 0 Å². The smallest absolute Gasteiger partial charge is 0.113 e. The second kappa shape index (κ2) is 6.39. The molecule has 5 heteroatoms. The van der Waals surface area contributed by atoms with E-state index in [0.29, 0.717) is 6.61 Å². The summed E-state index contributed by atoms with van der Waals surface area (Å²) in [5.74, 6) is 0. The number of hydrogen-bond donors (Lipinski definition) is 1. The van der Waals surface area contributed by atoms with E-state index in [2.05, 4.69) is 31.0 Å². The first-order valence-corrected chi connectivity index (χ1v) is 8.48. The van der Waals surface area contributed by atoms with E-state index in [1.807, 2.05) is 6.66 Å². The van der Waals surface area contributed by atoms with Crippen LogP contribution in [-0.4, -0.2) is 37.8 Å². The van der Waals surface area contributed by atoms with E-state index in [-0.39, 0.29) is 0 Å². The van der Waals surface area contributed by atoms with Crippen LogP contribution in [0.2, 0.25) is 0 Å². The topological polar surface area (TPSA) is 12.5 Å². The molecule has 0 amide bonds. The zero-order valence-corrected chi connectivity index (χ0v) is 10.6. The number of rotatable bonds is 6. The Labute approximate surface area is 85.9 Å². The Morgan fingerprint density at radius 3 is 2.25 bits per heavy atom. The van der Waals surface area contributed by atoms with E-state index in [9.17, 15) is 0 Å². The molecule has 0 aliphatic heterocycles. The van der Waals surface area contributed by atoms with Crippen LogP contribution in [-0.2, 0) is 16.3 Å². The molecular weight excluding hydrogens is 209 g/mol. The molecular formula is C7H18NOPS2. The molecule has 0 aliphatic carbocycles. The van der Waals surface area contributed by atoms with Crippen LogP contribution in [0.25, 0.3) is 0 Å². The average molecular weight is 227 g/mol. The minimum Gasteiger partial charge on any atom is -0.341 e. The fourth-order valence-electron chi connectivity index (χ4n) is 0.879. The van der Waals surface area contributed by atoms with E-state index in [4.69, 9.17) is 16.3 Å². The van der Waals surface area contributed by atoms with E-state index >= 15 is 0 Å². The summed E-state index contributed by atoms with van der Waals surface area (Å²) in [7, 11) is 0. The first-order chi connectivity index (χ1) is 5.49. The molecule has 0 N–H and O–H groups in total. The zero-order chi connectivity index (χ0) is 9.61. The number of nitrogens with zero attached hydrogens (tertiary/aromatic N) is 1. The number of likely N-dealkylation sites (N-methyl/N-ethyl adjacent to an activating group) is 1. The molecule has 0 saturated heterocycles. The molecule has 1 unspecified atom stereocenters.